The van der Waals surface area contributed by atoms with E-state index in [2.05, 4.69) is 4.98 Å². The van der Waals surface area contributed by atoms with E-state index in [0.29, 0.717) is 6.20 Å². The number of aromatic nitrogens is 1. The highest BCUT2D eigenvalue weighted by Gasteiger charge is 2.39. The summed E-state index contributed by atoms with van der Waals surface area (Å²) >= 11 is 0. The van der Waals surface area contributed by atoms with Gasteiger partial charge in [-0.2, -0.15) is 13.2 Å². The first-order valence-electron chi connectivity index (χ1n) is 5.64. The lowest BCUT2D eigenvalue weighted by Crippen LogP contribution is -2.15. The maximum atomic E-state index is 13.3. The molecule has 0 atom stereocenters. The van der Waals surface area contributed by atoms with Crippen molar-refractivity contribution in [3.8, 4) is 11.5 Å². The molecule has 0 saturated heterocycles. The fourth-order valence-electron chi connectivity index (χ4n) is 2.00. The summed E-state index contributed by atoms with van der Waals surface area (Å²) in [7, 11) is 2.53. The minimum Gasteiger partial charge on any atom is -0.497 e. The van der Waals surface area contributed by atoms with Crippen molar-refractivity contribution < 1.29 is 32.5 Å². The van der Waals surface area contributed by atoms with E-state index in [4.69, 9.17) is 14.6 Å². The van der Waals surface area contributed by atoms with Crippen LogP contribution in [0.3, 0.4) is 0 Å². The molecule has 0 bridgehead atoms. The Kier molecular flexibility index (Phi) is 3.63. The molecule has 2 rings (SSSR count). The van der Waals surface area contributed by atoms with Gasteiger partial charge in [-0.25, -0.2) is 4.79 Å². The molecule has 0 fully saturated rings. The van der Waals surface area contributed by atoms with Crippen molar-refractivity contribution in [2.45, 2.75) is 6.18 Å². The molecular weight excluding hydrogens is 291 g/mol. The normalized spacial score (nSPS) is 11.5. The first-order valence-corrected chi connectivity index (χ1v) is 5.64. The Balaban J connectivity index is 2.98. The quantitative estimate of drug-likeness (QED) is 0.944. The summed E-state index contributed by atoms with van der Waals surface area (Å²) in [6.45, 7) is 0. The van der Waals surface area contributed by atoms with Gasteiger partial charge in [-0.15, -0.1) is 0 Å². The Morgan fingerprint density at radius 2 is 1.90 bits per heavy atom. The molecule has 2 aromatic rings. The number of carbonyl (C=O) groups is 1. The molecule has 0 aliphatic heterocycles. The van der Waals surface area contributed by atoms with Crippen molar-refractivity contribution in [1.82, 2.24) is 4.98 Å². The highest BCUT2D eigenvalue weighted by molar-refractivity contribution is 5.99. The summed E-state index contributed by atoms with van der Waals surface area (Å²) in [5.41, 5.74) is -2.29. The molecular formula is C13H10F3NO4. The Morgan fingerprint density at radius 1 is 1.24 bits per heavy atom. The van der Waals surface area contributed by atoms with Gasteiger partial charge in [0.1, 0.15) is 11.5 Å². The van der Waals surface area contributed by atoms with Crippen LogP contribution in [0.1, 0.15) is 15.9 Å². The lowest BCUT2D eigenvalue weighted by Gasteiger charge is -2.16. The SMILES string of the molecule is COc1cc(OC)c2c(C(F)(F)F)c(C(=O)O)cnc2c1. The maximum Gasteiger partial charge on any atom is 0.418 e. The van der Waals surface area contributed by atoms with Crippen LogP contribution in [0.25, 0.3) is 10.9 Å². The largest absolute Gasteiger partial charge is 0.497 e. The molecule has 21 heavy (non-hydrogen) atoms. The van der Waals surface area contributed by atoms with Crippen molar-refractivity contribution >= 4 is 16.9 Å². The van der Waals surface area contributed by atoms with Gasteiger partial charge in [0.2, 0.25) is 0 Å². The van der Waals surface area contributed by atoms with Gasteiger partial charge in [0, 0.05) is 18.3 Å². The van der Waals surface area contributed by atoms with Crippen LogP contribution in [-0.2, 0) is 6.18 Å². The number of carboxylic acid groups (broad SMARTS) is 1. The molecule has 0 aliphatic carbocycles. The third-order valence-electron chi connectivity index (χ3n) is 2.88. The molecule has 1 aromatic carbocycles. The van der Waals surface area contributed by atoms with Gasteiger partial charge in [-0.05, 0) is 0 Å². The maximum absolute atomic E-state index is 13.3. The van der Waals surface area contributed by atoms with E-state index in [1.54, 1.807) is 0 Å². The highest BCUT2D eigenvalue weighted by atomic mass is 19.4. The second-order valence-electron chi connectivity index (χ2n) is 4.07. The Hall–Kier alpha value is -2.51. The molecule has 0 spiro atoms. The molecule has 0 saturated carbocycles. The number of hydrogen-bond donors (Lipinski definition) is 1. The van der Waals surface area contributed by atoms with Crippen molar-refractivity contribution in [3.05, 3.63) is 29.5 Å². The summed E-state index contributed by atoms with van der Waals surface area (Å²) in [6.07, 6.45) is -4.19. The average molecular weight is 301 g/mol. The zero-order valence-electron chi connectivity index (χ0n) is 11.0. The van der Waals surface area contributed by atoms with E-state index in [1.807, 2.05) is 0 Å². The first kappa shape index (κ1) is 14.9. The number of ether oxygens (including phenoxy) is 2. The molecule has 5 nitrogen and oxygen atoms in total. The first-order chi connectivity index (χ1) is 9.79. The molecule has 0 unspecified atom stereocenters. The van der Waals surface area contributed by atoms with E-state index >= 15 is 0 Å². The number of alkyl halides is 3. The molecule has 1 aromatic heterocycles. The Labute approximate surface area is 116 Å². The van der Waals surface area contributed by atoms with E-state index in [0.717, 1.165) is 0 Å². The van der Waals surface area contributed by atoms with Gasteiger partial charge in [0.05, 0.1) is 36.2 Å². The number of pyridine rings is 1. The van der Waals surface area contributed by atoms with Gasteiger partial charge in [-0.1, -0.05) is 0 Å². The van der Waals surface area contributed by atoms with Gasteiger partial charge in [-0.3, -0.25) is 4.98 Å². The lowest BCUT2D eigenvalue weighted by molar-refractivity contribution is -0.136. The molecule has 0 aliphatic rings. The number of hydrogen-bond acceptors (Lipinski definition) is 4. The summed E-state index contributed by atoms with van der Waals surface area (Å²) in [6, 6.07) is 2.52. The second kappa shape index (κ2) is 5.12. The third-order valence-corrected chi connectivity index (χ3v) is 2.88. The predicted octanol–water partition coefficient (Wildman–Crippen LogP) is 2.97. The Bertz CT molecular complexity index is 713. The second-order valence-corrected chi connectivity index (χ2v) is 4.07. The Morgan fingerprint density at radius 3 is 2.38 bits per heavy atom. The molecule has 1 N–H and O–H groups in total. The van der Waals surface area contributed by atoms with Crippen LogP contribution < -0.4 is 9.47 Å². The average Bonchev–Trinajstić information content (AvgIpc) is 2.43. The topological polar surface area (TPSA) is 68.7 Å². The lowest BCUT2D eigenvalue weighted by atomic mass is 10.0. The van der Waals surface area contributed by atoms with Gasteiger partial charge < -0.3 is 14.6 Å². The molecule has 0 amide bonds. The zero-order chi connectivity index (χ0) is 15.8. The summed E-state index contributed by atoms with van der Waals surface area (Å²) in [4.78, 5) is 14.8. The van der Waals surface area contributed by atoms with Gasteiger partial charge in [0.15, 0.2) is 0 Å². The smallest absolute Gasteiger partial charge is 0.418 e. The van der Waals surface area contributed by atoms with E-state index < -0.39 is 28.7 Å². The number of nitrogens with zero attached hydrogens (tertiary/aromatic N) is 1. The zero-order valence-corrected chi connectivity index (χ0v) is 11.0. The van der Waals surface area contributed by atoms with Crippen LogP contribution in [0.5, 0.6) is 11.5 Å². The minimum absolute atomic E-state index is 0.0662. The predicted molar refractivity (Wildman–Crippen MR) is 66.8 cm³/mol. The third kappa shape index (κ3) is 2.56. The molecule has 112 valence electrons. The fraction of sp³-hybridized carbons (Fsp3) is 0.231. The number of aromatic carboxylic acids is 1. The highest BCUT2D eigenvalue weighted by Crippen LogP contribution is 2.42. The number of fused-ring (bicyclic) bond motifs is 1. The van der Waals surface area contributed by atoms with Crippen molar-refractivity contribution in [2.75, 3.05) is 14.2 Å². The number of methoxy groups -OCH3 is 2. The summed E-state index contributed by atoms with van der Waals surface area (Å²) < 4.78 is 49.7. The number of carboxylic acids is 1. The fourth-order valence-corrected chi connectivity index (χ4v) is 2.00. The minimum atomic E-state index is -4.86. The monoisotopic (exact) mass is 301 g/mol. The number of halogens is 3. The van der Waals surface area contributed by atoms with Crippen LogP contribution in [0.2, 0.25) is 0 Å². The van der Waals surface area contributed by atoms with Crippen molar-refractivity contribution in [2.24, 2.45) is 0 Å². The number of benzene rings is 1. The van der Waals surface area contributed by atoms with Gasteiger partial charge in [0.25, 0.3) is 0 Å². The molecule has 8 heteroatoms. The molecule has 0 radical (unpaired) electrons. The van der Waals surface area contributed by atoms with E-state index in [1.165, 1.54) is 26.4 Å². The van der Waals surface area contributed by atoms with Crippen LogP contribution in [-0.4, -0.2) is 30.3 Å². The summed E-state index contributed by atoms with van der Waals surface area (Å²) in [5, 5.41) is 8.54. The van der Waals surface area contributed by atoms with Crippen LogP contribution in [0.15, 0.2) is 18.3 Å². The van der Waals surface area contributed by atoms with E-state index in [9.17, 15) is 18.0 Å². The summed E-state index contributed by atoms with van der Waals surface area (Å²) in [5.74, 6) is -1.62. The van der Waals surface area contributed by atoms with Crippen LogP contribution >= 0.6 is 0 Å². The molecule has 1 heterocycles. The van der Waals surface area contributed by atoms with Crippen LogP contribution in [0.4, 0.5) is 13.2 Å². The number of rotatable bonds is 3. The standard InChI is InChI=1S/C13H10F3NO4/c1-20-6-3-8-10(9(4-6)21-2)11(13(14,15)16)7(5-17-8)12(18)19/h3-5H,1-2H3,(H,18,19). The van der Waals surface area contributed by atoms with Crippen molar-refractivity contribution in [3.63, 3.8) is 0 Å². The van der Waals surface area contributed by atoms with Crippen molar-refractivity contribution in [1.29, 1.82) is 0 Å². The van der Waals surface area contributed by atoms with Crippen LogP contribution in [0, 0.1) is 0 Å². The van der Waals surface area contributed by atoms with E-state index in [-0.39, 0.29) is 17.0 Å². The van der Waals surface area contributed by atoms with Gasteiger partial charge >= 0.3 is 12.1 Å².